The molecule has 0 aromatic carbocycles. The highest BCUT2D eigenvalue weighted by molar-refractivity contribution is 7.17. The molecule has 2 heterocycles. The molecule has 1 aliphatic rings. The molecule has 1 atom stereocenters. The van der Waals surface area contributed by atoms with Gasteiger partial charge in [-0.3, -0.25) is 4.79 Å². The van der Waals surface area contributed by atoms with Crippen molar-refractivity contribution in [3.8, 4) is 0 Å². The Bertz CT molecular complexity index is 387. The molecule has 0 bridgehead atoms. The van der Waals surface area contributed by atoms with Crippen LogP contribution in [-0.2, 0) is 0 Å². The highest BCUT2D eigenvalue weighted by atomic mass is 32.1. The topological polar surface area (TPSA) is 71.2 Å². The van der Waals surface area contributed by atoms with Gasteiger partial charge < -0.3 is 16.0 Å². The summed E-state index contributed by atoms with van der Waals surface area (Å²) in [6, 6.07) is 0. The maximum absolute atomic E-state index is 12.1. The first kappa shape index (κ1) is 12.3. The molecule has 1 aliphatic heterocycles. The van der Waals surface area contributed by atoms with Crippen LogP contribution < -0.4 is 11.1 Å². The molecule has 1 unspecified atom stereocenters. The summed E-state index contributed by atoms with van der Waals surface area (Å²) in [4.78, 5) is 18.3. The van der Waals surface area contributed by atoms with Crippen molar-refractivity contribution >= 4 is 22.4 Å². The molecule has 0 saturated carbocycles. The van der Waals surface area contributed by atoms with Gasteiger partial charge in [0, 0.05) is 13.6 Å². The third-order valence-corrected chi connectivity index (χ3v) is 3.83. The van der Waals surface area contributed by atoms with Crippen molar-refractivity contribution in [3.05, 3.63) is 11.1 Å². The SMILES string of the molecule is CN(CC1CCCNC1)C(=O)c1cnc(N)s1. The molecule has 0 spiro atoms. The van der Waals surface area contributed by atoms with Crippen molar-refractivity contribution in [1.82, 2.24) is 15.2 Å². The Hall–Kier alpha value is -1.14. The van der Waals surface area contributed by atoms with E-state index in [2.05, 4.69) is 10.3 Å². The number of nitrogen functional groups attached to an aromatic ring is 1. The van der Waals surface area contributed by atoms with Crippen molar-refractivity contribution in [1.29, 1.82) is 0 Å². The Morgan fingerprint density at radius 3 is 3.18 bits per heavy atom. The maximum Gasteiger partial charge on any atom is 0.265 e. The van der Waals surface area contributed by atoms with E-state index in [0.29, 0.717) is 15.9 Å². The Kier molecular flexibility index (Phi) is 3.96. The van der Waals surface area contributed by atoms with Gasteiger partial charge >= 0.3 is 0 Å². The van der Waals surface area contributed by atoms with E-state index in [1.165, 1.54) is 24.2 Å². The fraction of sp³-hybridized carbons (Fsp3) is 0.636. The van der Waals surface area contributed by atoms with E-state index in [1.54, 1.807) is 11.1 Å². The van der Waals surface area contributed by atoms with E-state index in [4.69, 9.17) is 5.73 Å². The molecule has 1 saturated heterocycles. The third kappa shape index (κ3) is 3.17. The Labute approximate surface area is 105 Å². The molecular formula is C11H18N4OS. The number of nitrogens with one attached hydrogen (secondary N) is 1. The van der Waals surface area contributed by atoms with E-state index in [9.17, 15) is 4.79 Å². The summed E-state index contributed by atoms with van der Waals surface area (Å²) in [6.07, 6.45) is 3.94. The molecule has 1 fully saturated rings. The van der Waals surface area contributed by atoms with E-state index in [0.717, 1.165) is 19.6 Å². The summed E-state index contributed by atoms with van der Waals surface area (Å²) in [5.41, 5.74) is 5.53. The van der Waals surface area contributed by atoms with Gasteiger partial charge in [0.05, 0.1) is 6.20 Å². The Morgan fingerprint density at radius 1 is 1.76 bits per heavy atom. The van der Waals surface area contributed by atoms with Gasteiger partial charge in [-0.25, -0.2) is 4.98 Å². The molecule has 1 amide bonds. The summed E-state index contributed by atoms with van der Waals surface area (Å²) < 4.78 is 0. The van der Waals surface area contributed by atoms with E-state index in [-0.39, 0.29) is 5.91 Å². The zero-order valence-corrected chi connectivity index (χ0v) is 10.8. The third-order valence-electron chi connectivity index (χ3n) is 3.01. The van der Waals surface area contributed by atoms with Gasteiger partial charge in [0.1, 0.15) is 4.88 Å². The number of rotatable bonds is 3. The summed E-state index contributed by atoms with van der Waals surface area (Å²) in [5, 5.41) is 3.80. The van der Waals surface area contributed by atoms with Gasteiger partial charge in [-0.1, -0.05) is 11.3 Å². The first-order chi connectivity index (χ1) is 8.16. The fourth-order valence-electron chi connectivity index (χ4n) is 2.12. The number of nitrogens with zero attached hydrogens (tertiary/aromatic N) is 2. The van der Waals surface area contributed by atoms with E-state index < -0.39 is 0 Å². The van der Waals surface area contributed by atoms with Crippen LogP contribution in [0.4, 0.5) is 5.13 Å². The molecule has 17 heavy (non-hydrogen) atoms. The summed E-state index contributed by atoms with van der Waals surface area (Å²) in [5.74, 6) is 0.577. The van der Waals surface area contributed by atoms with Crippen molar-refractivity contribution in [2.45, 2.75) is 12.8 Å². The number of carbonyl (C=O) groups excluding carboxylic acids is 1. The van der Waals surface area contributed by atoms with Crippen molar-refractivity contribution in [2.75, 3.05) is 32.4 Å². The lowest BCUT2D eigenvalue weighted by molar-refractivity contribution is 0.0769. The Morgan fingerprint density at radius 2 is 2.59 bits per heavy atom. The monoisotopic (exact) mass is 254 g/mol. The first-order valence-electron chi connectivity index (χ1n) is 5.84. The molecule has 0 radical (unpaired) electrons. The number of anilines is 1. The second-order valence-electron chi connectivity index (χ2n) is 4.46. The standard InChI is InChI=1S/C11H18N4OS/c1-15(7-8-3-2-4-13-5-8)10(16)9-6-14-11(12)17-9/h6,8,13H,2-5,7H2,1H3,(H2,12,14). The normalized spacial score (nSPS) is 20.2. The molecular weight excluding hydrogens is 236 g/mol. The van der Waals surface area contributed by atoms with Crippen LogP contribution in [0.3, 0.4) is 0 Å². The summed E-state index contributed by atoms with van der Waals surface area (Å²) >= 11 is 1.25. The number of hydrogen-bond donors (Lipinski definition) is 2. The van der Waals surface area contributed by atoms with Crippen LogP contribution in [0.25, 0.3) is 0 Å². The van der Waals surface area contributed by atoms with E-state index >= 15 is 0 Å². The highest BCUT2D eigenvalue weighted by Gasteiger charge is 2.20. The van der Waals surface area contributed by atoms with Gasteiger partial charge in [0.2, 0.25) is 0 Å². The number of amides is 1. The average Bonchev–Trinajstić information content (AvgIpc) is 2.76. The van der Waals surface area contributed by atoms with Gasteiger partial charge in [-0.2, -0.15) is 0 Å². The smallest absolute Gasteiger partial charge is 0.265 e. The lowest BCUT2D eigenvalue weighted by Crippen LogP contribution is -2.38. The molecule has 6 heteroatoms. The molecule has 2 rings (SSSR count). The molecule has 0 aliphatic carbocycles. The van der Waals surface area contributed by atoms with Crippen LogP contribution in [0.5, 0.6) is 0 Å². The van der Waals surface area contributed by atoms with Gasteiger partial charge in [-0.05, 0) is 31.8 Å². The van der Waals surface area contributed by atoms with Crippen molar-refractivity contribution < 1.29 is 4.79 Å². The zero-order chi connectivity index (χ0) is 12.3. The van der Waals surface area contributed by atoms with Crippen LogP contribution in [0.2, 0.25) is 0 Å². The lowest BCUT2D eigenvalue weighted by Gasteiger charge is -2.27. The minimum absolute atomic E-state index is 0.0183. The first-order valence-corrected chi connectivity index (χ1v) is 6.66. The minimum Gasteiger partial charge on any atom is -0.375 e. The number of thiazole rings is 1. The number of carbonyl (C=O) groups is 1. The highest BCUT2D eigenvalue weighted by Crippen LogP contribution is 2.18. The molecule has 1 aromatic rings. The van der Waals surface area contributed by atoms with Crippen LogP contribution in [0, 0.1) is 5.92 Å². The van der Waals surface area contributed by atoms with Crippen molar-refractivity contribution in [2.24, 2.45) is 5.92 Å². The van der Waals surface area contributed by atoms with Gasteiger partial charge in [-0.15, -0.1) is 0 Å². The predicted octanol–water partition coefficient (Wildman–Crippen LogP) is 0.797. The van der Waals surface area contributed by atoms with E-state index in [1.807, 2.05) is 7.05 Å². The molecule has 1 aromatic heterocycles. The summed E-state index contributed by atoms with van der Waals surface area (Å²) in [7, 11) is 1.84. The van der Waals surface area contributed by atoms with Crippen LogP contribution in [-0.4, -0.2) is 42.5 Å². The molecule has 94 valence electrons. The van der Waals surface area contributed by atoms with Crippen LogP contribution >= 0.6 is 11.3 Å². The molecule has 3 N–H and O–H groups in total. The number of aromatic nitrogens is 1. The zero-order valence-electron chi connectivity index (χ0n) is 9.98. The average molecular weight is 254 g/mol. The largest absolute Gasteiger partial charge is 0.375 e. The summed E-state index contributed by atoms with van der Waals surface area (Å²) in [6.45, 7) is 2.89. The maximum atomic E-state index is 12.1. The predicted molar refractivity (Wildman–Crippen MR) is 69.1 cm³/mol. The van der Waals surface area contributed by atoms with Crippen LogP contribution in [0.1, 0.15) is 22.5 Å². The second kappa shape index (κ2) is 5.46. The number of nitrogens with two attached hydrogens (primary N) is 1. The molecule has 5 nitrogen and oxygen atoms in total. The van der Waals surface area contributed by atoms with Gasteiger partial charge in [0.15, 0.2) is 5.13 Å². The Balaban J connectivity index is 1.90. The number of hydrogen-bond acceptors (Lipinski definition) is 5. The quantitative estimate of drug-likeness (QED) is 0.837. The number of piperidine rings is 1. The van der Waals surface area contributed by atoms with Gasteiger partial charge in [0.25, 0.3) is 5.91 Å². The fourth-order valence-corrected chi connectivity index (χ4v) is 2.80. The second-order valence-corrected chi connectivity index (χ2v) is 5.52. The lowest BCUT2D eigenvalue weighted by atomic mass is 9.99. The van der Waals surface area contributed by atoms with Crippen molar-refractivity contribution in [3.63, 3.8) is 0 Å². The van der Waals surface area contributed by atoms with Crippen LogP contribution in [0.15, 0.2) is 6.20 Å². The minimum atomic E-state index is 0.0183.